The molecule has 3 aromatic carbocycles. The van der Waals surface area contributed by atoms with Gasteiger partial charge in [-0.15, -0.1) is 0 Å². The van der Waals surface area contributed by atoms with Crippen molar-refractivity contribution in [1.29, 1.82) is 0 Å². The van der Waals surface area contributed by atoms with E-state index in [2.05, 4.69) is 0 Å². The van der Waals surface area contributed by atoms with Crippen LogP contribution in [0.4, 0.5) is 11.4 Å². The lowest BCUT2D eigenvalue weighted by Crippen LogP contribution is -2.24. The number of carbonyl (C=O) groups excluding carboxylic acids is 2. The zero-order valence-corrected chi connectivity index (χ0v) is 14.0. The normalized spacial score (nSPS) is 12.6. The first kappa shape index (κ1) is 15.5. The predicted octanol–water partition coefficient (Wildman–Crippen LogP) is 3.78. The SMILES string of the molecule is Nc1cccc2c1C(=O)c1c(Sc3ccccc3)ccc(N)c1C2=O. The Balaban J connectivity index is 1.94. The third-order valence-electron chi connectivity index (χ3n) is 4.19. The van der Waals surface area contributed by atoms with E-state index in [9.17, 15) is 9.59 Å². The van der Waals surface area contributed by atoms with Crippen molar-refractivity contribution in [2.75, 3.05) is 11.5 Å². The first-order valence-electron chi connectivity index (χ1n) is 7.71. The smallest absolute Gasteiger partial charge is 0.197 e. The van der Waals surface area contributed by atoms with Gasteiger partial charge in [-0.2, -0.15) is 0 Å². The largest absolute Gasteiger partial charge is 0.398 e. The van der Waals surface area contributed by atoms with Crippen molar-refractivity contribution in [3.63, 3.8) is 0 Å². The summed E-state index contributed by atoms with van der Waals surface area (Å²) in [6.07, 6.45) is 0. The summed E-state index contributed by atoms with van der Waals surface area (Å²) in [5, 5.41) is 0. The molecule has 25 heavy (non-hydrogen) atoms. The van der Waals surface area contributed by atoms with Crippen molar-refractivity contribution >= 4 is 34.7 Å². The molecule has 0 amide bonds. The van der Waals surface area contributed by atoms with Crippen LogP contribution in [0, 0.1) is 0 Å². The highest BCUT2D eigenvalue weighted by molar-refractivity contribution is 7.99. The first-order valence-corrected chi connectivity index (χ1v) is 8.53. The van der Waals surface area contributed by atoms with Crippen molar-refractivity contribution in [2.24, 2.45) is 0 Å². The van der Waals surface area contributed by atoms with E-state index in [-0.39, 0.29) is 22.7 Å². The van der Waals surface area contributed by atoms with Gasteiger partial charge in [0.1, 0.15) is 0 Å². The Morgan fingerprint density at radius 2 is 1.36 bits per heavy atom. The number of hydrogen-bond donors (Lipinski definition) is 2. The molecule has 1 aliphatic rings. The standard InChI is InChI=1S/C20H14N2O2S/c21-13-8-4-7-12-16(13)20(24)18-15(25-11-5-2-1-3-6-11)10-9-14(22)17(18)19(12)23/h1-10H,21-22H2. The van der Waals surface area contributed by atoms with E-state index >= 15 is 0 Å². The summed E-state index contributed by atoms with van der Waals surface area (Å²) >= 11 is 1.43. The number of anilines is 2. The molecule has 1 aliphatic carbocycles. The van der Waals surface area contributed by atoms with E-state index < -0.39 is 0 Å². The Morgan fingerprint density at radius 3 is 2.12 bits per heavy atom. The van der Waals surface area contributed by atoms with Crippen LogP contribution >= 0.6 is 11.8 Å². The molecule has 0 atom stereocenters. The molecule has 0 heterocycles. The van der Waals surface area contributed by atoms with E-state index in [1.807, 2.05) is 30.3 Å². The zero-order chi connectivity index (χ0) is 17.6. The average molecular weight is 346 g/mol. The molecule has 0 unspecified atom stereocenters. The van der Waals surface area contributed by atoms with Crippen LogP contribution in [0.15, 0.2) is 70.5 Å². The number of nitrogen functional groups attached to an aromatic ring is 2. The number of rotatable bonds is 2. The Morgan fingerprint density at radius 1 is 0.640 bits per heavy atom. The molecule has 5 heteroatoms. The fourth-order valence-electron chi connectivity index (χ4n) is 3.04. The second-order valence-electron chi connectivity index (χ2n) is 5.75. The molecule has 4 N–H and O–H groups in total. The molecule has 0 saturated carbocycles. The van der Waals surface area contributed by atoms with Crippen LogP contribution in [0.5, 0.6) is 0 Å². The van der Waals surface area contributed by atoms with Crippen molar-refractivity contribution < 1.29 is 9.59 Å². The van der Waals surface area contributed by atoms with Gasteiger partial charge in [0, 0.05) is 32.3 Å². The molecule has 0 fully saturated rings. The minimum absolute atomic E-state index is 0.256. The van der Waals surface area contributed by atoms with Gasteiger partial charge in [0.05, 0.1) is 11.1 Å². The van der Waals surface area contributed by atoms with Crippen LogP contribution in [0.3, 0.4) is 0 Å². The third-order valence-corrected chi connectivity index (χ3v) is 5.26. The molecular formula is C20H14N2O2S. The van der Waals surface area contributed by atoms with Crippen LogP contribution in [0.25, 0.3) is 0 Å². The van der Waals surface area contributed by atoms with Gasteiger partial charge >= 0.3 is 0 Å². The van der Waals surface area contributed by atoms with Gasteiger partial charge in [0.25, 0.3) is 0 Å². The number of carbonyl (C=O) groups is 2. The Labute approximate surface area is 148 Å². The predicted molar refractivity (Wildman–Crippen MR) is 99.1 cm³/mol. The fraction of sp³-hybridized carbons (Fsp3) is 0. The minimum Gasteiger partial charge on any atom is -0.398 e. The number of ketones is 2. The van der Waals surface area contributed by atoms with Crippen LogP contribution in [0.1, 0.15) is 31.8 Å². The third kappa shape index (κ3) is 2.40. The Bertz CT molecular complexity index is 1030. The van der Waals surface area contributed by atoms with Crippen molar-refractivity contribution in [2.45, 2.75) is 9.79 Å². The molecule has 4 rings (SSSR count). The summed E-state index contributed by atoms with van der Waals surface area (Å²) in [5.74, 6) is -0.515. The number of hydrogen-bond acceptors (Lipinski definition) is 5. The lowest BCUT2D eigenvalue weighted by Gasteiger charge is -2.22. The highest BCUT2D eigenvalue weighted by Gasteiger charge is 2.34. The fourth-order valence-corrected chi connectivity index (χ4v) is 4.02. The molecule has 0 aliphatic heterocycles. The summed E-state index contributed by atoms with van der Waals surface area (Å²) in [5.41, 5.74) is 13.8. The number of benzene rings is 3. The molecule has 0 bridgehead atoms. The minimum atomic E-state index is -0.259. The molecule has 4 nitrogen and oxygen atoms in total. The van der Waals surface area contributed by atoms with Crippen LogP contribution < -0.4 is 11.5 Å². The van der Waals surface area contributed by atoms with Gasteiger partial charge in [0.15, 0.2) is 11.6 Å². The van der Waals surface area contributed by atoms with E-state index in [0.717, 1.165) is 4.90 Å². The first-order chi connectivity index (χ1) is 12.1. The topological polar surface area (TPSA) is 86.2 Å². The van der Waals surface area contributed by atoms with Gasteiger partial charge in [-0.3, -0.25) is 9.59 Å². The zero-order valence-electron chi connectivity index (χ0n) is 13.2. The Hall–Kier alpha value is -3.05. The van der Waals surface area contributed by atoms with E-state index in [1.165, 1.54) is 11.8 Å². The molecule has 0 saturated heterocycles. The van der Waals surface area contributed by atoms with Crippen LogP contribution in [-0.4, -0.2) is 11.6 Å². The highest BCUT2D eigenvalue weighted by Crippen LogP contribution is 2.40. The van der Waals surface area contributed by atoms with Crippen LogP contribution in [0.2, 0.25) is 0 Å². The molecular weight excluding hydrogens is 332 g/mol. The maximum Gasteiger partial charge on any atom is 0.197 e. The van der Waals surface area contributed by atoms with Crippen molar-refractivity contribution in [3.05, 3.63) is 82.9 Å². The lowest BCUT2D eigenvalue weighted by atomic mass is 9.82. The summed E-state index contributed by atoms with van der Waals surface area (Å²) in [6, 6.07) is 18.0. The maximum atomic E-state index is 13.1. The average Bonchev–Trinajstić information content (AvgIpc) is 2.62. The van der Waals surface area contributed by atoms with E-state index in [0.29, 0.717) is 27.4 Å². The lowest BCUT2D eigenvalue weighted by molar-refractivity contribution is 0.0978. The highest BCUT2D eigenvalue weighted by atomic mass is 32.2. The molecule has 3 aromatic rings. The number of fused-ring (bicyclic) bond motifs is 2. The quantitative estimate of drug-likeness (QED) is 0.540. The summed E-state index contributed by atoms with van der Waals surface area (Å²) < 4.78 is 0. The Kier molecular flexibility index (Phi) is 3.58. The van der Waals surface area contributed by atoms with E-state index in [1.54, 1.807) is 30.3 Å². The molecule has 0 aromatic heterocycles. The monoisotopic (exact) mass is 346 g/mol. The van der Waals surface area contributed by atoms with E-state index in [4.69, 9.17) is 11.5 Å². The summed E-state index contributed by atoms with van der Waals surface area (Å²) in [6.45, 7) is 0. The van der Waals surface area contributed by atoms with Crippen molar-refractivity contribution in [3.8, 4) is 0 Å². The molecule has 122 valence electrons. The van der Waals surface area contributed by atoms with Gasteiger partial charge in [-0.05, 0) is 30.3 Å². The van der Waals surface area contributed by atoms with Gasteiger partial charge in [-0.1, -0.05) is 42.1 Å². The second-order valence-corrected chi connectivity index (χ2v) is 6.86. The molecule has 0 spiro atoms. The second kappa shape index (κ2) is 5.79. The van der Waals surface area contributed by atoms with Crippen molar-refractivity contribution in [1.82, 2.24) is 0 Å². The summed E-state index contributed by atoms with van der Waals surface area (Å²) in [4.78, 5) is 27.7. The van der Waals surface area contributed by atoms with Crippen LogP contribution in [-0.2, 0) is 0 Å². The maximum absolute atomic E-state index is 13.1. The number of nitrogens with two attached hydrogens (primary N) is 2. The van der Waals surface area contributed by atoms with Gasteiger partial charge in [-0.25, -0.2) is 0 Å². The molecule has 0 radical (unpaired) electrons. The van der Waals surface area contributed by atoms with Gasteiger partial charge in [0.2, 0.25) is 0 Å². The summed E-state index contributed by atoms with van der Waals surface area (Å²) in [7, 11) is 0. The van der Waals surface area contributed by atoms with Gasteiger partial charge < -0.3 is 11.5 Å².